The maximum atomic E-state index is 6.00. The number of nitrogens with one attached hydrogen (secondary N) is 3. The van der Waals surface area contributed by atoms with E-state index in [9.17, 15) is 0 Å². The van der Waals surface area contributed by atoms with Crippen LogP contribution in [0.3, 0.4) is 0 Å². The van der Waals surface area contributed by atoms with Crippen molar-refractivity contribution in [2.75, 3.05) is 55.4 Å². The quantitative estimate of drug-likeness (QED) is 0.751. The topological polar surface area (TPSA) is 74.3 Å². The van der Waals surface area contributed by atoms with Crippen molar-refractivity contribution in [3.8, 4) is 5.75 Å². The van der Waals surface area contributed by atoms with Crippen LogP contribution in [0.1, 0.15) is 18.7 Å². The van der Waals surface area contributed by atoms with E-state index in [1.165, 1.54) is 11.3 Å². The summed E-state index contributed by atoms with van der Waals surface area (Å²) in [6.45, 7) is 7.20. The van der Waals surface area contributed by atoms with Crippen LogP contribution in [-0.2, 0) is 6.42 Å². The molecule has 3 aliphatic rings. The van der Waals surface area contributed by atoms with Gasteiger partial charge in [0.2, 0.25) is 5.95 Å². The Hall–Kier alpha value is -2.54. The molecule has 2 aromatic rings. The van der Waals surface area contributed by atoms with Crippen molar-refractivity contribution in [2.45, 2.75) is 20.8 Å². The van der Waals surface area contributed by atoms with Crippen LogP contribution >= 0.6 is 0 Å². The standard InChI is InChI=1S/C20H26N6O.CH4/c1-12-5-18(21-2)25-20(23-12)24-16-6-13-3-4-27-19(13)17(7-16)26-10-14-8-22-9-15(14)11-26;/h5-7,14-15,22H,3-4,8-11H2,1-2H3,(H2,21,23,24,25);1H4. The summed E-state index contributed by atoms with van der Waals surface area (Å²) in [7, 11) is 1.87. The van der Waals surface area contributed by atoms with Gasteiger partial charge in [-0.2, -0.15) is 4.98 Å². The number of fused-ring (bicyclic) bond motifs is 2. The fourth-order valence-electron chi connectivity index (χ4n) is 4.53. The zero-order valence-electron chi connectivity index (χ0n) is 15.9. The number of hydrogen-bond acceptors (Lipinski definition) is 7. The van der Waals surface area contributed by atoms with Crippen LogP contribution in [0, 0.1) is 18.8 Å². The van der Waals surface area contributed by atoms with Gasteiger partial charge in [-0.15, -0.1) is 0 Å². The highest BCUT2D eigenvalue weighted by atomic mass is 16.5. The Morgan fingerprint density at radius 2 is 1.93 bits per heavy atom. The minimum atomic E-state index is 0. The molecule has 7 heteroatoms. The van der Waals surface area contributed by atoms with Crippen molar-refractivity contribution < 1.29 is 4.74 Å². The normalized spacial score (nSPS) is 22.3. The number of nitrogens with zero attached hydrogens (tertiary/aromatic N) is 3. The van der Waals surface area contributed by atoms with Crippen molar-refractivity contribution in [3.05, 3.63) is 29.5 Å². The third-order valence-corrected chi connectivity index (χ3v) is 5.86. The molecule has 0 saturated carbocycles. The molecule has 2 saturated heterocycles. The van der Waals surface area contributed by atoms with Gasteiger partial charge in [-0.05, 0) is 30.9 Å². The second-order valence-corrected chi connectivity index (χ2v) is 7.76. The molecule has 0 radical (unpaired) electrons. The van der Waals surface area contributed by atoms with Gasteiger partial charge >= 0.3 is 0 Å². The molecule has 2 atom stereocenters. The highest BCUT2D eigenvalue weighted by Crippen LogP contribution is 2.42. The Kier molecular flexibility index (Phi) is 5.02. The van der Waals surface area contributed by atoms with Gasteiger partial charge in [0.1, 0.15) is 11.6 Å². The average Bonchev–Trinajstić information content (AvgIpc) is 3.36. The predicted octanol–water partition coefficient (Wildman–Crippen LogP) is 2.80. The highest BCUT2D eigenvalue weighted by Gasteiger charge is 2.37. The van der Waals surface area contributed by atoms with Crippen LogP contribution in [0.2, 0.25) is 0 Å². The van der Waals surface area contributed by atoms with Crippen LogP contribution in [0.5, 0.6) is 5.75 Å². The first kappa shape index (κ1) is 18.8. The summed E-state index contributed by atoms with van der Waals surface area (Å²) in [6, 6.07) is 6.31. The van der Waals surface area contributed by atoms with Gasteiger partial charge in [0.25, 0.3) is 0 Å². The summed E-state index contributed by atoms with van der Waals surface area (Å²) in [4.78, 5) is 11.6. The summed E-state index contributed by atoms with van der Waals surface area (Å²) >= 11 is 0. The number of aromatic nitrogens is 2. The van der Waals surface area contributed by atoms with E-state index in [0.29, 0.717) is 5.95 Å². The van der Waals surface area contributed by atoms with Crippen LogP contribution in [0.25, 0.3) is 0 Å². The Balaban J connectivity index is 0.00000192. The summed E-state index contributed by atoms with van der Waals surface area (Å²) in [6.07, 6.45) is 0.955. The summed E-state index contributed by atoms with van der Waals surface area (Å²) in [5, 5.41) is 10.0. The van der Waals surface area contributed by atoms with E-state index in [1.54, 1.807) is 0 Å². The zero-order chi connectivity index (χ0) is 18.4. The van der Waals surface area contributed by atoms with Gasteiger partial charge in [-0.1, -0.05) is 7.43 Å². The molecule has 5 rings (SSSR count). The molecule has 150 valence electrons. The Labute approximate surface area is 166 Å². The number of rotatable bonds is 4. The summed E-state index contributed by atoms with van der Waals surface area (Å²) in [5.41, 5.74) is 4.44. The fraction of sp³-hybridized carbons (Fsp3) is 0.524. The first-order valence-corrected chi connectivity index (χ1v) is 9.75. The molecule has 28 heavy (non-hydrogen) atoms. The first-order valence-electron chi connectivity index (χ1n) is 9.75. The smallest absolute Gasteiger partial charge is 0.229 e. The van der Waals surface area contributed by atoms with Crippen LogP contribution in [-0.4, -0.2) is 49.8 Å². The first-order chi connectivity index (χ1) is 13.2. The Morgan fingerprint density at radius 1 is 1.14 bits per heavy atom. The van der Waals surface area contributed by atoms with E-state index in [4.69, 9.17) is 4.74 Å². The largest absolute Gasteiger partial charge is 0.491 e. The van der Waals surface area contributed by atoms with Crippen molar-refractivity contribution in [1.82, 2.24) is 15.3 Å². The van der Waals surface area contributed by atoms with Gasteiger partial charge in [-0.3, -0.25) is 0 Å². The van der Waals surface area contributed by atoms with Gasteiger partial charge in [0.15, 0.2) is 0 Å². The molecule has 7 nitrogen and oxygen atoms in total. The molecule has 2 unspecified atom stereocenters. The van der Waals surface area contributed by atoms with E-state index in [2.05, 4.69) is 43.0 Å². The number of aryl methyl sites for hydroxylation is 1. The zero-order valence-corrected chi connectivity index (χ0v) is 15.9. The fourth-order valence-corrected chi connectivity index (χ4v) is 4.53. The van der Waals surface area contributed by atoms with Gasteiger partial charge in [0.05, 0.1) is 12.3 Å². The third kappa shape index (κ3) is 3.35. The molecule has 0 amide bonds. The number of ether oxygens (including phenoxy) is 1. The van der Waals surface area contributed by atoms with Gasteiger partial charge < -0.3 is 25.6 Å². The van der Waals surface area contributed by atoms with Gasteiger partial charge in [-0.25, -0.2) is 4.98 Å². The average molecular weight is 383 g/mol. The van der Waals surface area contributed by atoms with Crippen LogP contribution in [0.15, 0.2) is 18.2 Å². The van der Waals surface area contributed by atoms with E-state index >= 15 is 0 Å². The Morgan fingerprint density at radius 3 is 2.68 bits per heavy atom. The molecule has 2 fully saturated rings. The number of hydrogen-bond donors (Lipinski definition) is 3. The number of anilines is 4. The second kappa shape index (κ2) is 7.47. The molecule has 0 aliphatic carbocycles. The molecule has 3 N–H and O–H groups in total. The van der Waals surface area contributed by atoms with E-state index < -0.39 is 0 Å². The lowest BCUT2D eigenvalue weighted by molar-refractivity contribution is 0.357. The lowest BCUT2D eigenvalue weighted by atomic mass is 10.0. The number of benzene rings is 1. The summed E-state index contributed by atoms with van der Waals surface area (Å²) in [5.74, 6) is 3.99. The maximum absolute atomic E-state index is 6.00. The minimum Gasteiger partial charge on any atom is -0.491 e. The molecule has 0 bridgehead atoms. The lowest BCUT2D eigenvalue weighted by Crippen LogP contribution is -2.25. The molecule has 1 aromatic carbocycles. The van der Waals surface area contributed by atoms with E-state index in [1.807, 2.05) is 20.0 Å². The minimum absolute atomic E-state index is 0. The third-order valence-electron chi connectivity index (χ3n) is 5.86. The lowest BCUT2D eigenvalue weighted by Gasteiger charge is -2.23. The SMILES string of the molecule is C.CNc1cc(C)nc(Nc2cc3c(c(N4CC5CNCC5C4)c2)OCC3)n1. The second-order valence-electron chi connectivity index (χ2n) is 7.76. The molecular weight excluding hydrogens is 352 g/mol. The van der Waals surface area contributed by atoms with Crippen molar-refractivity contribution in [3.63, 3.8) is 0 Å². The predicted molar refractivity (Wildman–Crippen MR) is 114 cm³/mol. The van der Waals surface area contributed by atoms with Crippen LogP contribution in [0.4, 0.5) is 23.1 Å². The molecule has 1 aromatic heterocycles. The van der Waals surface area contributed by atoms with Crippen molar-refractivity contribution in [1.29, 1.82) is 0 Å². The molecule has 3 aliphatic heterocycles. The molecule has 0 spiro atoms. The van der Waals surface area contributed by atoms with E-state index in [-0.39, 0.29) is 7.43 Å². The summed E-state index contributed by atoms with van der Waals surface area (Å²) < 4.78 is 6.00. The van der Waals surface area contributed by atoms with Crippen molar-refractivity contribution >= 4 is 23.1 Å². The molecule has 4 heterocycles. The Bertz CT molecular complexity index is 858. The highest BCUT2D eigenvalue weighted by molar-refractivity contribution is 5.73. The monoisotopic (exact) mass is 382 g/mol. The van der Waals surface area contributed by atoms with Gasteiger partial charge in [0, 0.05) is 62.7 Å². The van der Waals surface area contributed by atoms with Crippen LogP contribution < -0.4 is 25.6 Å². The van der Waals surface area contributed by atoms with E-state index in [0.717, 1.165) is 74.0 Å². The van der Waals surface area contributed by atoms with Crippen molar-refractivity contribution in [2.24, 2.45) is 11.8 Å². The maximum Gasteiger partial charge on any atom is 0.229 e. The molecular formula is C21H30N6O.